The predicted molar refractivity (Wildman–Crippen MR) is 77.7 cm³/mol. The van der Waals surface area contributed by atoms with Crippen molar-refractivity contribution in [2.24, 2.45) is 0 Å². The number of aliphatic hydroxyl groups is 2. The molecule has 1 aromatic carbocycles. The van der Waals surface area contributed by atoms with E-state index in [2.05, 4.69) is 19.9 Å². The summed E-state index contributed by atoms with van der Waals surface area (Å²) in [4.78, 5) is 0. The normalized spacial score (nSPS) is 15.9. The second kappa shape index (κ2) is 7.51. The van der Waals surface area contributed by atoms with Gasteiger partial charge in [-0.2, -0.15) is 0 Å². The molecule has 0 amide bonds. The summed E-state index contributed by atoms with van der Waals surface area (Å²) in [6.07, 6.45) is -0.142. The van der Waals surface area contributed by atoms with Crippen LogP contribution < -0.4 is 4.74 Å². The molecule has 0 radical (unpaired) electrons. The summed E-state index contributed by atoms with van der Waals surface area (Å²) in [6, 6.07) is 6.04. The first-order valence-corrected chi connectivity index (χ1v) is 7.09. The lowest BCUT2D eigenvalue weighted by Crippen LogP contribution is -2.26. The highest BCUT2D eigenvalue weighted by Crippen LogP contribution is 2.28. The summed E-state index contributed by atoms with van der Waals surface area (Å²) in [5.41, 5.74) is 2.36. The molecule has 0 aliphatic rings. The van der Waals surface area contributed by atoms with Crippen molar-refractivity contribution >= 4 is 0 Å². The Hall–Kier alpha value is -1.06. The monoisotopic (exact) mass is 266 g/mol. The molecule has 0 aromatic heterocycles. The second-order valence-electron chi connectivity index (χ2n) is 5.13. The van der Waals surface area contributed by atoms with Crippen LogP contribution in [0.3, 0.4) is 0 Å². The van der Waals surface area contributed by atoms with Crippen LogP contribution in [0.25, 0.3) is 0 Å². The Morgan fingerprint density at radius 2 is 1.84 bits per heavy atom. The molecule has 2 N–H and O–H groups in total. The maximum atomic E-state index is 9.90. The van der Waals surface area contributed by atoms with Gasteiger partial charge in [-0.25, -0.2) is 0 Å². The molecular formula is C16H26O3. The van der Waals surface area contributed by atoms with Crippen LogP contribution in [0.2, 0.25) is 0 Å². The van der Waals surface area contributed by atoms with Gasteiger partial charge in [0.15, 0.2) is 0 Å². The Morgan fingerprint density at radius 3 is 2.37 bits per heavy atom. The van der Waals surface area contributed by atoms with E-state index < -0.39 is 12.2 Å². The molecule has 0 bridgehead atoms. The third-order valence-electron chi connectivity index (χ3n) is 3.54. The fourth-order valence-electron chi connectivity index (χ4n) is 2.38. The lowest BCUT2D eigenvalue weighted by Gasteiger charge is -2.22. The summed E-state index contributed by atoms with van der Waals surface area (Å²) < 4.78 is 5.47. The highest BCUT2D eigenvalue weighted by Gasteiger charge is 2.19. The molecule has 0 aliphatic carbocycles. The van der Waals surface area contributed by atoms with Crippen molar-refractivity contribution < 1.29 is 14.9 Å². The molecule has 3 atom stereocenters. The third kappa shape index (κ3) is 4.51. The minimum absolute atomic E-state index is 0.215. The zero-order chi connectivity index (χ0) is 14.4. The van der Waals surface area contributed by atoms with E-state index in [9.17, 15) is 10.2 Å². The molecule has 108 valence electrons. The Morgan fingerprint density at radius 1 is 1.16 bits per heavy atom. The molecule has 0 aliphatic heterocycles. The highest BCUT2D eigenvalue weighted by molar-refractivity contribution is 5.36. The Labute approximate surface area is 116 Å². The molecule has 19 heavy (non-hydrogen) atoms. The fourth-order valence-corrected chi connectivity index (χ4v) is 2.38. The van der Waals surface area contributed by atoms with E-state index in [-0.39, 0.29) is 5.92 Å². The molecule has 3 heteroatoms. The van der Waals surface area contributed by atoms with Gasteiger partial charge in [-0.3, -0.25) is 0 Å². The number of ether oxygens (including phenoxy) is 1. The zero-order valence-electron chi connectivity index (χ0n) is 12.4. The van der Waals surface area contributed by atoms with Gasteiger partial charge in [0.05, 0.1) is 18.8 Å². The number of aryl methyl sites for hydroxylation is 1. The number of aliphatic hydroxyl groups excluding tert-OH is 2. The summed E-state index contributed by atoms with van der Waals surface area (Å²) in [7, 11) is 0. The largest absolute Gasteiger partial charge is 0.494 e. The van der Waals surface area contributed by atoms with E-state index in [1.54, 1.807) is 0 Å². The Kier molecular flexibility index (Phi) is 6.32. The molecule has 0 heterocycles. The van der Waals surface area contributed by atoms with Crippen molar-refractivity contribution in [1.82, 2.24) is 0 Å². The molecule has 0 saturated carbocycles. The van der Waals surface area contributed by atoms with Crippen LogP contribution in [0.15, 0.2) is 18.2 Å². The average Bonchev–Trinajstić information content (AvgIpc) is 2.38. The predicted octanol–water partition coefficient (Wildman–Crippen LogP) is 3.02. The van der Waals surface area contributed by atoms with Crippen LogP contribution in [0.1, 0.15) is 50.7 Å². The smallest absolute Gasteiger partial charge is 0.119 e. The van der Waals surface area contributed by atoms with Crippen molar-refractivity contribution in [2.75, 3.05) is 6.61 Å². The van der Waals surface area contributed by atoms with Gasteiger partial charge < -0.3 is 14.9 Å². The summed E-state index contributed by atoms with van der Waals surface area (Å²) in [6.45, 7) is 8.63. The van der Waals surface area contributed by atoms with Crippen LogP contribution in [0.4, 0.5) is 0 Å². The topological polar surface area (TPSA) is 49.7 Å². The molecule has 0 saturated heterocycles. The molecular weight excluding hydrogens is 240 g/mol. The van der Waals surface area contributed by atoms with Crippen LogP contribution in [0, 0.1) is 6.92 Å². The van der Waals surface area contributed by atoms with Gasteiger partial charge in [0.2, 0.25) is 0 Å². The Balaban J connectivity index is 2.74. The van der Waals surface area contributed by atoms with Gasteiger partial charge in [-0.1, -0.05) is 19.9 Å². The molecule has 0 fully saturated rings. The van der Waals surface area contributed by atoms with Crippen molar-refractivity contribution in [3.05, 3.63) is 29.3 Å². The fraction of sp³-hybridized carbons (Fsp3) is 0.625. The van der Waals surface area contributed by atoms with Gasteiger partial charge in [0.25, 0.3) is 0 Å². The van der Waals surface area contributed by atoms with Gasteiger partial charge in [-0.15, -0.1) is 0 Å². The molecule has 3 unspecified atom stereocenters. The first-order chi connectivity index (χ1) is 8.99. The SMILES string of the molecule is CCOc1ccc(C(C)CC(O)C(O)CC)c(C)c1. The average molecular weight is 266 g/mol. The highest BCUT2D eigenvalue weighted by atomic mass is 16.5. The van der Waals surface area contributed by atoms with E-state index in [1.807, 2.05) is 26.0 Å². The van der Waals surface area contributed by atoms with Crippen LogP contribution in [0.5, 0.6) is 5.75 Å². The molecule has 1 rings (SSSR count). The van der Waals surface area contributed by atoms with E-state index >= 15 is 0 Å². The quantitative estimate of drug-likeness (QED) is 0.797. The van der Waals surface area contributed by atoms with Crippen molar-refractivity contribution in [3.63, 3.8) is 0 Å². The first-order valence-electron chi connectivity index (χ1n) is 7.09. The van der Waals surface area contributed by atoms with Gasteiger partial charge >= 0.3 is 0 Å². The number of rotatable bonds is 7. The lowest BCUT2D eigenvalue weighted by molar-refractivity contribution is 0.00951. The summed E-state index contributed by atoms with van der Waals surface area (Å²) in [5, 5.41) is 19.5. The molecule has 0 spiro atoms. The number of hydrogen-bond donors (Lipinski definition) is 2. The number of hydrogen-bond acceptors (Lipinski definition) is 3. The maximum Gasteiger partial charge on any atom is 0.119 e. The van der Waals surface area contributed by atoms with Crippen molar-refractivity contribution in [3.8, 4) is 5.75 Å². The summed E-state index contributed by atoms with van der Waals surface area (Å²) >= 11 is 0. The zero-order valence-corrected chi connectivity index (χ0v) is 12.4. The van der Waals surface area contributed by atoms with E-state index in [1.165, 1.54) is 5.56 Å². The minimum Gasteiger partial charge on any atom is -0.494 e. The van der Waals surface area contributed by atoms with E-state index in [0.29, 0.717) is 19.4 Å². The van der Waals surface area contributed by atoms with Gasteiger partial charge in [0.1, 0.15) is 5.75 Å². The third-order valence-corrected chi connectivity index (χ3v) is 3.54. The first kappa shape index (κ1) is 16.0. The van der Waals surface area contributed by atoms with Crippen LogP contribution >= 0.6 is 0 Å². The van der Waals surface area contributed by atoms with E-state index in [4.69, 9.17) is 4.74 Å². The second-order valence-corrected chi connectivity index (χ2v) is 5.13. The number of benzene rings is 1. The van der Waals surface area contributed by atoms with E-state index in [0.717, 1.165) is 11.3 Å². The molecule has 3 nitrogen and oxygen atoms in total. The van der Waals surface area contributed by atoms with Crippen molar-refractivity contribution in [1.29, 1.82) is 0 Å². The van der Waals surface area contributed by atoms with Crippen LogP contribution in [-0.2, 0) is 0 Å². The standard InChI is InChI=1S/C16H26O3/c1-5-15(17)16(18)10-12(4)14-8-7-13(19-6-2)9-11(14)3/h7-9,12,15-18H,5-6,10H2,1-4H3. The van der Waals surface area contributed by atoms with Gasteiger partial charge in [0, 0.05) is 0 Å². The minimum atomic E-state index is -0.661. The molecule has 1 aromatic rings. The van der Waals surface area contributed by atoms with Crippen molar-refractivity contribution in [2.45, 2.75) is 58.7 Å². The maximum absolute atomic E-state index is 9.90. The Bertz CT molecular complexity index is 390. The van der Waals surface area contributed by atoms with Crippen LogP contribution in [-0.4, -0.2) is 29.0 Å². The van der Waals surface area contributed by atoms with Gasteiger partial charge in [-0.05, 0) is 55.9 Å². The summed E-state index contributed by atoms with van der Waals surface area (Å²) in [5.74, 6) is 1.09. The lowest BCUT2D eigenvalue weighted by atomic mass is 9.90.